The lowest BCUT2D eigenvalue weighted by Crippen LogP contribution is -2.56. The van der Waals surface area contributed by atoms with Gasteiger partial charge in [0.1, 0.15) is 0 Å². The summed E-state index contributed by atoms with van der Waals surface area (Å²) in [5, 5.41) is 20.1. The summed E-state index contributed by atoms with van der Waals surface area (Å²) in [6, 6.07) is 10.5. The van der Waals surface area contributed by atoms with Crippen molar-refractivity contribution in [2.24, 2.45) is 23.7 Å². The van der Waals surface area contributed by atoms with Crippen LogP contribution in [0.25, 0.3) is 0 Å². The molecule has 0 aromatic heterocycles. The van der Waals surface area contributed by atoms with Crippen LogP contribution in [0.2, 0.25) is 0 Å². The van der Waals surface area contributed by atoms with Gasteiger partial charge in [-0.25, -0.2) is 0 Å². The SMILES string of the molecule is O=C(CC1(c2ccccc2)C2CC3CC1C(C2)C3O)N1CC(O)C1. The molecule has 5 aliphatic rings. The highest BCUT2D eigenvalue weighted by Gasteiger charge is 2.66. The monoisotopic (exact) mass is 327 g/mol. The Morgan fingerprint density at radius 1 is 1.12 bits per heavy atom. The number of β-amino-alcohol motifs (C(OH)–C–C–N with tert-alkyl or cyclic N) is 1. The molecule has 4 aliphatic carbocycles. The molecule has 1 aromatic carbocycles. The number of aliphatic hydroxyl groups is 2. The van der Waals surface area contributed by atoms with Crippen molar-refractivity contribution in [1.29, 1.82) is 0 Å². The van der Waals surface area contributed by atoms with E-state index in [0.29, 0.717) is 43.2 Å². The van der Waals surface area contributed by atoms with Gasteiger partial charge in [0, 0.05) is 24.9 Å². The van der Waals surface area contributed by atoms with E-state index in [9.17, 15) is 15.0 Å². The van der Waals surface area contributed by atoms with E-state index in [1.54, 1.807) is 4.90 Å². The second-order valence-electron chi connectivity index (χ2n) is 8.46. The first kappa shape index (κ1) is 14.9. The third-order valence-corrected chi connectivity index (χ3v) is 7.50. The number of carbonyl (C=O) groups is 1. The largest absolute Gasteiger partial charge is 0.393 e. The molecule has 1 heterocycles. The fourth-order valence-electron chi connectivity index (χ4n) is 6.47. The lowest BCUT2D eigenvalue weighted by atomic mass is 9.59. The minimum atomic E-state index is -0.348. The molecular formula is C20H25NO3. The number of aliphatic hydroxyl groups excluding tert-OH is 2. The van der Waals surface area contributed by atoms with Gasteiger partial charge in [-0.05, 0) is 48.5 Å². The van der Waals surface area contributed by atoms with Crippen LogP contribution in [0.1, 0.15) is 31.2 Å². The van der Waals surface area contributed by atoms with E-state index >= 15 is 0 Å². The van der Waals surface area contributed by atoms with Gasteiger partial charge in [-0.2, -0.15) is 0 Å². The Balaban J connectivity index is 1.52. The second-order valence-corrected chi connectivity index (χ2v) is 8.46. The fraction of sp³-hybridized carbons (Fsp3) is 0.650. The Kier molecular flexibility index (Phi) is 3.14. The molecule has 2 N–H and O–H groups in total. The Labute approximate surface area is 142 Å². The molecular weight excluding hydrogens is 302 g/mol. The van der Waals surface area contributed by atoms with Crippen LogP contribution in [0, 0.1) is 23.7 Å². The standard InChI is InChI=1S/C20H25NO3/c22-15-10-21(11-15)18(23)9-20(13-4-2-1-3-5-13)14-6-12-7-17(20)16(8-14)19(12)24/h1-5,12,14-17,19,22,24H,6-11H2. The van der Waals surface area contributed by atoms with Gasteiger partial charge in [-0.1, -0.05) is 30.3 Å². The van der Waals surface area contributed by atoms with E-state index in [-0.39, 0.29) is 23.5 Å². The molecule has 6 rings (SSSR count). The molecule has 1 aliphatic heterocycles. The second kappa shape index (κ2) is 5.06. The number of likely N-dealkylation sites (tertiary alicyclic amines) is 1. The van der Waals surface area contributed by atoms with Crippen molar-refractivity contribution in [3.63, 3.8) is 0 Å². The van der Waals surface area contributed by atoms with Gasteiger partial charge < -0.3 is 15.1 Å². The number of carbonyl (C=O) groups excluding carboxylic acids is 1. The van der Waals surface area contributed by atoms with Crippen LogP contribution in [0.3, 0.4) is 0 Å². The first-order valence-electron chi connectivity index (χ1n) is 9.29. The lowest BCUT2D eigenvalue weighted by Gasteiger charge is -2.47. The van der Waals surface area contributed by atoms with Gasteiger partial charge in [0.25, 0.3) is 0 Å². The number of hydrogen-bond donors (Lipinski definition) is 2. The normalized spacial score (nSPS) is 43.2. The van der Waals surface area contributed by atoms with Gasteiger partial charge >= 0.3 is 0 Å². The van der Waals surface area contributed by atoms with Crippen molar-refractivity contribution in [1.82, 2.24) is 4.90 Å². The Bertz CT molecular complexity index is 652. The molecule has 4 nitrogen and oxygen atoms in total. The summed E-state index contributed by atoms with van der Waals surface area (Å²) in [4.78, 5) is 14.7. The number of nitrogens with zero attached hydrogens (tertiary/aromatic N) is 1. The highest BCUT2D eigenvalue weighted by Crippen LogP contribution is 2.68. The third-order valence-electron chi connectivity index (χ3n) is 7.50. The van der Waals surface area contributed by atoms with Crippen LogP contribution in [-0.2, 0) is 10.2 Å². The predicted molar refractivity (Wildman–Crippen MR) is 89.1 cm³/mol. The van der Waals surface area contributed by atoms with Crippen molar-refractivity contribution >= 4 is 5.91 Å². The van der Waals surface area contributed by atoms with Crippen LogP contribution in [0.5, 0.6) is 0 Å². The summed E-state index contributed by atoms with van der Waals surface area (Å²) in [6.07, 6.45) is 3.20. The average Bonchev–Trinajstić information content (AvgIpc) is 2.89. The number of amides is 1. The molecule has 5 fully saturated rings. The van der Waals surface area contributed by atoms with E-state index in [1.165, 1.54) is 5.56 Å². The Hall–Kier alpha value is -1.39. The molecule has 6 atom stereocenters. The first-order chi connectivity index (χ1) is 11.6. The van der Waals surface area contributed by atoms with Crippen molar-refractivity contribution in [2.45, 2.75) is 43.3 Å². The molecule has 1 amide bonds. The molecule has 1 aromatic rings. The lowest BCUT2D eigenvalue weighted by molar-refractivity contribution is -0.144. The first-order valence-corrected chi connectivity index (χ1v) is 9.29. The van der Waals surface area contributed by atoms with E-state index in [2.05, 4.69) is 24.3 Å². The summed E-state index contributed by atoms with van der Waals surface area (Å²) in [7, 11) is 0. The smallest absolute Gasteiger partial charge is 0.223 e. The van der Waals surface area contributed by atoms with Crippen LogP contribution >= 0.6 is 0 Å². The molecule has 0 radical (unpaired) electrons. The summed E-state index contributed by atoms with van der Waals surface area (Å²) in [5.74, 6) is 1.91. The fourth-order valence-corrected chi connectivity index (χ4v) is 6.47. The zero-order valence-corrected chi connectivity index (χ0v) is 13.8. The van der Waals surface area contributed by atoms with E-state index < -0.39 is 0 Å². The van der Waals surface area contributed by atoms with Crippen molar-refractivity contribution in [2.75, 3.05) is 13.1 Å². The maximum absolute atomic E-state index is 12.9. The van der Waals surface area contributed by atoms with Gasteiger partial charge in [-0.3, -0.25) is 4.79 Å². The average molecular weight is 327 g/mol. The topological polar surface area (TPSA) is 60.8 Å². The van der Waals surface area contributed by atoms with Crippen LogP contribution in [0.15, 0.2) is 30.3 Å². The number of rotatable bonds is 3. The molecule has 6 unspecified atom stereocenters. The van der Waals surface area contributed by atoms with Gasteiger partial charge in [0.15, 0.2) is 0 Å². The molecule has 0 spiro atoms. The van der Waals surface area contributed by atoms with Crippen molar-refractivity contribution < 1.29 is 15.0 Å². The van der Waals surface area contributed by atoms with Gasteiger partial charge in [0.05, 0.1) is 12.2 Å². The molecule has 24 heavy (non-hydrogen) atoms. The van der Waals surface area contributed by atoms with Crippen LogP contribution < -0.4 is 0 Å². The van der Waals surface area contributed by atoms with E-state index in [0.717, 1.165) is 19.3 Å². The van der Waals surface area contributed by atoms with Crippen molar-refractivity contribution in [3.05, 3.63) is 35.9 Å². The molecule has 4 heteroatoms. The summed E-state index contributed by atoms with van der Waals surface area (Å²) < 4.78 is 0. The minimum Gasteiger partial charge on any atom is -0.393 e. The quantitative estimate of drug-likeness (QED) is 0.886. The Morgan fingerprint density at radius 3 is 2.58 bits per heavy atom. The minimum absolute atomic E-state index is 0.114. The maximum atomic E-state index is 12.9. The molecule has 128 valence electrons. The molecule has 4 saturated carbocycles. The zero-order chi connectivity index (χ0) is 16.5. The van der Waals surface area contributed by atoms with E-state index in [4.69, 9.17) is 0 Å². The zero-order valence-electron chi connectivity index (χ0n) is 13.8. The maximum Gasteiger partial charge on any atom is 0.223 e. The highest BCUT2D eigenvalue weighted by atomic mass is 16.3. The summed E-state index contributed by atoms with van der Waals surface area (Å²) >= 11 is 0. The predicted octanol–water partition coefficient (Wildman–Crippen LogP) is 1.55. The Morgan fingerprint density at radius 2 is 1.88 bits per heavy atom. The van der Waals surface area contributed by atoms with Crippen molar-refractivity contribution in [3.8, 4) is 0 Å². The van der Waals surface area contributed by atoms with Gasteiger partial charge in [0.2, 0.25) is 5.91 Å². The van der Waals surface area contributed by atoms with Crippen LogP contribution in [0.4, 0.5) is 0 Å². The van der Waals surface area contributed by atoms with Gasteiger partial charge in [-0.15, -0.1) is 0 Å². The molecule has 4 bridgehead atoms. The summed E-state index contributed by atoms with van der Waals surface area (Å²) in [5.41, 5.74) is 1.17. The highest BCUT2D eigenvalue weighted by molar-refractivity contribution is 5.79. The van der Waals surface area contributed by atoms with E-state index in [1.807, 2.05) is 6.07 Å². The molecule has 1 saturated heterocycles. The summed E-state index contributed by atoms with van der Waals surface area (Å²) in [6.45, 7) is 0.960. The van der Waals surface area contributed by atoms with Crippen LogP contribution in [-0.4, -0.2) is 46.3 Å². The number of benzene rings is 1. The number of hydrogen-bond acceptors (Lipinski definition) is 3. The third kappa shape index (κ3) is 1.84.